The van der Waals surface area contributed by atoms with Crippen molar-refractivity contribution in [2.24, 2.45) is 7.05 Å². The van der Waals surface area contributed by atoms with Crippen molar-refractivity contribution in [1.82, 2.24) is 13.7 Å². The number of aromatic nitrogens is 3. The first-order valence-corrected chi connectivity index (χ1v) is 10.5. The van der Waals surface area contributed by atoms with Gasteiger partial charge in [0.05, 0.1) is 11.4 Å². The number of pyridine rings is 1. The van der Waals surface area contributed by atoms with E-state index in [1.165, 1.54) is 19.8 Å². The summed E-state index contributed by atoms with van der Waals surface area (Å²) >= 11 is 0. The molecule has 1 aliphatic rings. The molecule has 1 saturated carbocycles. The van der Waals surface area contributed by atoms with Crippen molar-refractivity contribution in [2.45, 2.75) is 25.3 Å². The van der Waals surface area contributed by atoms with Crippen molar-refractivity contribution >= 4 is 35.7 Å². The monoisotopic (exact) mass is 424 g/mol. The Labute approximate surface area is 185 Å². The van der Waals surface area contributed by atoms with Crippen LogP contribution in [0.4, 0.5) is 11.4 Å². The van der Waals surface area contributed by atoms with Gasteiger partial charge in [-0.25, -0.2) is 9.36 Å². The maximum absolute atomic E-state index is 13.7. The fourth-order valence-corrected chi connectivity index (χ4v) is 4.16. The predicted molar refractivity (Wildman–Crippen MR) is 127 cm³/mol. The van der Waals surface area contributed by atoms with Gasteiger partial charge in [-0.2, -0.15) is 0 Å². The zero-order valence-electron chi connectivity index (χ0n) is 17.6. The molecule has 0 spiro atoms. The molecule has 1 aliphatic carbocycles. The van der Waals surface area contributed by atoms with Gasteiger partial charge in [0.1, 0.15) is 18.9 Å². The van der Waals surface area contributed by atoms with Crippen molar-refractivity contribution in [3.05, 3.63) is 91.9 Å². The van der Waals surface area contributed by atoms with Gasteiger partial charge in [-0.05, 0) is 43.5 Å². The van der Waals surface area contributed by atoms with E-state index in [1.807, 2.05) is 18.2 Å². The quantitative estimate of drug-likeness (QED) is 0.509. The number of fused-ring (bicyclic) bond motifs is 1. The third kappa shape index (κ3) is 3.19. The molecule has 2 heterocycles. The molecule has 0 atom stereocenters. The molecule has 7 nitrogen and oxygen atoms in total. The SMILES string of the molecule is [B]c1ccc(Nc2cc(=O)n(C)c3c2c(=O)n(C2CCC2)c(=O)n3-c2ccccc2)cc1. The number of aryl methyl sites for hydroxylation is 1. The molecular formula is C24H21BN4O3. The van der Waals surface area contributed by atoms with Crippen LogP contribution < -0.4 is 27.6 Å². The number of nitrogens with zero attached hydrogens (tertiary/aromatic N) is 3. The molecule has 0 unspecified atom stereocenters. The Morgan fingerprint density at radius 3 is 2.28 bits per heavy atom. The second-order valence-electron chi connectivity index (χ2n) is 8.11. The molecule has 1 fully saturated rings. The van der Waals surface area contributed by atoms with Crippen LogP contribution in [0.1, 0.15) is 25.3 Å². The molecule has 4 aromatic rings. The van der Waals surface area contributed by atoms with E-state index in [2.05, 4.69) is 5.32 Å². The average Bonchev–Trinajstić information content (AvgIpc) is 2.75. The number of hydrogen-bond acceptors (Lipinski definition) is 4. The molecule has 2 aromatic carbocycles. The third-order valence-electron chi connectivity index (χ3n) is 6.09. The fourth-order valence-electron chi connectivity index (χ4n) is 4.16. The van der Waals surface area contributed by atoms with Crippen LogP contribution in [-0.4, -0.2) is 21.5 Å². The minimum atomic E-state index is -0.432. The van der Waals surface area contributed by atoms with E-state index in [4.69, 9.17) is 7.85 Å². The minimum Gasteiger partial charge on any atom is -0.355 e. The summed E-state index contributed by atoms with van der Waals surface area (Å²) in [7, 11) is 7.36. The van der Waals surface area contributed by atoms with Gasteiger partial charge in [0.2, 0.25) is 0 Å². The maximum atomic E-state index is 13.7. The Balaban J connectivity index is 1.90. The van der Waals surface area contributed by atoms with Crippen LogP contribution in [0.25, 0.3) is 16.7 Å². The highest BCUT2D eigenvalue weighted by Gasteiger charge is 2.28. The Morgan fingerprint density at radius 1 is 0.969 bits per heavy atom. The number of para-hydroxylation sites is 1. The summed E-state index contributed by atoms with van der Waals surface area (Å²) < 4.78 is 4.16. The van der Waals surface area contributed by atoms with E-state index in [-0.39, 0.29) is 17.2 Å². The smallest absolute Gasteiger partial charge is 0.337 e. The van der Waals surface area contributed by atoms with Gasteiger partial charge in [-0.15, -0.1) is 0 Å². The van der Waals surface area contributed by atoms with Crippen molar-refractivity contribution in [3.63, 3.8) is 0 Å². The first-order valence-electron chi connectivity index (χ1n) is 10.5. The first kappa shape index (κ1) is 20.1. The molecule has 32 heavy (non-hydrogen) atoms. The van der Waals surface area contributed by atoms with Crippen molar-refractivity contribution in [1.29, 1.82) is 0 Å². The highest BCUT2D eigenvalue weighted by molar-refractivity contribution is 6.32. The third-order valence-corrected chi connectivity index (χ3v) is 6.09. The molecule has 0 bridgehead atoms. The van der Waals surface area contributed by atoms with E-state index in [0.29, 0.717) is 27.9 Å². The van der Waals surface area contributed by atoms with Gasteiger partial charge in [0, 0.05) is 24.8 Å². The van der Waals surface area contributed by atoms with Gasteiger partial charge in [-0.1, -0.05) is 35.8 Å². The fraction of sp³-hybridized carbons (Fsp3) is 0.208. The summed E-state index contributed by atoms with van der Waals surface area (Å²) in [6.45, 7) is 0. The molecule has 158 valence electrons. The van der Waals surface area contributed by atoms with E-state index in [1.54, 1.807) is 43.4 Å². The van der Waals surface area contributed by atoms with Crippen LogP contribution in [0.2, 0.25) is 0 Å². The van der Waals surface area contributed by atoms with Crippen LogP contribution in [0.3, 0.4) is 0 Å². The van der Waals surface area contributed by atoms with Gasteiger partial charge in [0.25, 0.3) is 11.1 Å². The summed E-state index contributed by atoms with van der Waals surface area (Å²) in [5.74, 6) is 0. The summed E-state index contributed by atoms with van der Waals surface area (Å²) in [4.78, 5) is 40.1. The highest BCUT2D eigenvalue weighted by atomic mass is 16.2. The van der Waals surface area contributed by atoms with Crippen LogP contribution in [0, 0.1) is 0 Å². The molecule has 8 heteroatoms. The lowest BCUT2D eigenvalue weighted by Crippen LogP contribution is -2.45. The van der Waals surface area contributed by atoms with Crippen molar-refractivity contribution in [3.8, 4) is 5.69 Å². The lowest BCUT2D eigenvalue weighted by Gasteiger charge is -2.28. The normalized spacial score (nSPS) is 13.8. The topological polar surface area (TPSA) is 78.0 Å². The van der Waals surface area contributed by atoms with Crippen LogP contribution >= 0.6 is 0 Å². The molecule has 2 radical (unpaired) electrons. The first-order chi connectivity index (χ1) is 15.5. The Bertz CT molecular complexity index is 1500. The van der Waals surface area contributed by atoms with Crippen molar-refractivity contribution in [2.75, 3.05) is 5.32 Å². The molecule has 5 rings (SSSR count). The molecule has 1 N–H and O–H groups in total. The maximum Gasteiger partial charge on any atom is 0.337 e. The van der Waals surface area contributed by atoms with Gasteiger partial charge in [0.15, 0.2) is 0 Å². The summed E-state index contributed by atoms with van der Waals surface area (Å²) in [5.41, 5.74) is 1.34. The largest absolute Gasteiger partial charge is 0.355 e. The average molecular weight is 424 g/mol. The van der Waals surface area contributed by atoms with E-state index < -0.39 is 11.2 Å². The molecule has 0 amide bonds. The van der Waals surface area contributed by atoms with E-state index in [9.17, 15) is 14.4 Å². The predicted octanol–water partition coefficient (Wildman–Crippen LogP) is 2.11. The van der Waals surface area contributed by atoms with Gasteiger partial charge < -0.3 is 5.32 Å². The standard InChI is InChI=1S/C24H21BN4O3/c1-27-20(30)14-19(26-16-12-10-15(25)11-13-16)21-22(27)28(17-6-3-2-4-7-17)24(32)29(23(21)31)18-8-5-9-18/h2-4,6-7,10-14,18,26H,5,8-9H2,1H3. The number of hydrogen-bond donors (Lipinski definition) is 1. The molecule has 2 aromatic heterocycles. The second kappa shape index (κ2) is 7.71. The van der Waals surface area contributed by atoms with Gasteiger partial charge >= 0.3 is 5.69 Å². The molecular weight excluding hydrogens is 403 g/mol. The Morgan fingerprint density at radius 2 is 1.66 bits per heavy atom. The van der Waals surface area contributed by atoms with E-state index >= 15 is 0 Å². The Kier molecular flexibility index (Phi) is 4.85. The molecule has 0 aliphatic heterocycles. The van der Waals surface area contributed by atoms with Gasteiger partial charge in [-0.3, -0.25) is 18.7 Å². The zero-order chi connectivity index (χ0) is 22.4. The Hall–Kier alpha value is -3.81. The minimum absolute atomic E-state index is 0.143. The zero-order valence-corrected chi connectivity index (χ0v) is 17.6. The van der Waals surface area contributed by atoms with E-state index in [0.717, 1.165) is 19.3 Å². The number of anilines is 2. The number of benzene rings is 2. The number of nitrogens with one attached hydrogen (secondary N) is 1. The summed E-state index contributed by atoms with van der Waals surface area (Å²) in [5, 5.41) is 3.48. The van der Waals surface area contributed by atoms with Crippen molar-refractivity contribution < 1.29 is 0 Å². The summed E-state index contributed by atoms with van der Waals surface area (Å²) in [6, 6.07) is 17.3. The molecule has 0 saturated heterocycles. The number of rotatable bonds is 4. The second-order valence-corrected chi connectivity index (χ2v) is 8.11. The van der Waals surface area contributed by atoms with Crippen LogP contribution in [-0.2, 0) is 7.05 Å². The summed E-state index contributed by atoms with van der Waals surface area (Å²) in [6.07, 6.45) is 2.54. The van der Waals surface area contributed by atoms with Crippen LogP contribution in [0.5, 0.6) is 0 Å². The highest BCUT2D eigenvalue weighted by Crippen LogP contribution is 2.30. The lowest BCUT2D eigenvalue weighted by atomic mass is 9.93. The van der Waals surface area contributed by atoms with Crippen LogP contribution in [0.15, 0.2) is 75.0 Å². The lowest BCUT2D eigenvalue weighted by molar-refractivity contribution is 0.295.